The van der Waals surface area contributed by atoms with Gasteiger partial charge >= 0.3 is 0 Å². The minimum atomic E-state index is -0.327. The molecule has 2 aromatic heterocycles. The summed E-state index contributed by atoms with van der Waals surface area (Å²) in [5.41, 5.74) is 10.1. The van der Waals surface area contributed by atoms with Crippen molar-refractivity contribution in [1.29, 1.82) is 0 Å². The van der Waals surface area contributed by atoms with E-state index in [2.05, 4.69) is 174 Å². The van der Waals surface area contributed by atoms with E-state index in [0.29, 0.717) is 5.84 Å². The van der Waals surface area contributed by atoms with Crippen LogP contribution in [-0.2, 0) is 0 Å². The lowest BCUT2D eigenvalue weighted by Gasteiger charge is -2.24. The fraction of sp³-hybridized carbons (Fsp3) is 0.0189. The van der Waals surface area contributed by atoms with Crippen molar-refractivity contribution in [3.63, 3.8) is 0 Å². The Labute approximate surface area is 333 Å². The standard InChI is InChI=1S/C53H34N4O/c1-4-14-33(15-5-1)38-30-43(53-55-51(36-18-6-2-7-19-36)54-52(56-53)37-20-8-3-9-21-37)48-42-27-26-39(32-46(42)58-47(48)31-38)57-44-28-24-34-16-10-12-22-40(34)49(44)50-41-23-13-11-17-35(41)25-29-45(50)57/h1-32,51H,(H,54,55,56). The monoisotopic (exact) mass is 742 g/mol. The Balaban J connectivity index is 1.12. The number of benzene rings is 9. The van der Waals surface area contributed by atoms with Crippen molar-refractivity contribution >= 4 is 77.0 Å². The first kappa shape index (κ1) is 32.5. The maximum atomic E-state index is 6.94. The van der Waals surface area contributed by atoms with Gasteiger partial charge in [0.05, 0.1) is 11.0 Å². The zero-order chi connectivity index (χ0) is 38.2. The molecule has 0 bridgehead atoms. The second-order valence-electron chi connectivity index (χ2n) is 15.0. The third kappa shape index (κ3) is 5.10. The molecule has 1 atom stereocenters. The first-order valence-corrected chi connectivity index (χ1v) is 19.7. The molecule has 0 spiro atoms. The van der Waals surface area contributed by atoms with Crippen molar-refractivity contribution in [2.75, 3.05) is 0 Å². The number of rotatable bonds is 5. The Morgan fingerprint density at radius 3 is 1.74 bits per heavy atom. The van der Waals surface area contributed by atoms with Crippen molar-refractivity contribution in [3.8, 4) is 16.8 Å². The summed E-state index contributed by atoms with van der Waals surface area (Å²) in [6.07, 6.45) is -0.327. The number of fused-ring (bicyclic) bond motifs is 10. The van der Waals surface area contributed by atoms with Crippen LogP contribution in [-0.4, -0.2) is 16.2 Å². The molecule has 12 rings (SSSR count). The average Bonchev–Trinajstić information content (AvgIpc) is 3.85. The molecule has 1 aliphatic rings. The van der Waals surface area contributed by atoms with E-state index in [-0.39, 0.29) is 6.17 Å². The maximum Gasteiger partial charge on any atom is 0.160 e. The number of furan rings is 1. The van der Waals surface area contributed by atoms with Crippen LogP contribution in [0.5, 0.6) is 0 Å². The third-order valence-electron chi connectivity index (χ3n) is 11.6. The minimum absolute atomic E-state index is 0.327. The zero-order valence-corrected chi connectivity index (χ0v) is 31.3. The molecule has 11 aromatic rings. The van der Waals surface area contributed by atoms with Crippen LogP contribution in [0.1, 0.15) is 22.9 Å². The van der Waals surface area contributed by atoms with Gasteiger partial charge in [-0.1, -0.05) is 152 Å². The lowest BCUT2D eigenvalue weighted by atomic mass is 9.97. The van der Waals surface area contributed by atoms with E-state index in [1.165, 1.54) is 32.3 Å². The van der Waals surface area contributed by atoms with E-state index < -0.39 is 0 Å². The second kappa shape index (κ2) is 12.9. The van der Waals surface area contributed by atoms with Crippen LogP contribution in [0.15, 0.2) is 209 Å². The summed E-state index contributed by atoms with van der Waals surface area (Å²) in [6.45, 7) is 0. The highest BCUT2D eigenvalue weighted by atomic mass is 16.3. The molecule has 0 amide bonds. The highest BCUT2D eigenvalue weighted by Gasteiger charge is 2.25. The van der Waals surface area contributed by atoms with Crippen LogP contribution >= 0.6 is 0 Å². The SMILES string of the molecule is c1ccc(C2=NC(c3cc(-c4ccccc4)cc4oc5cc(-n6c7ccc8ccccc8c7c7c8ccccc8ccc76)ccc5c34)=NC(c3ccccc3)N2)cc1. The van der Waals surface area contributed by atoms with Crippen molar-refractivity contribution in [2.45, 2.75) is 6.17 Å². The van der Waals surface area contributed by atoms with Gasteiger partial charge in [0, 0.05) is 44.4 Å². The topological polar surface area (TPSA) is 54.8 Å². The molecule has 5 nitrogen and oxygen atoms in total. The van der Waals surface area contributed by atoms with Gasteiger partial charge in [-0.2, -0.15) is 0 Å². The van der Waals surface area contributed by atoms with Crippen LogP contribution in [0.25, 0.3) is 82.1 Å². The van der Waals surface area contributed by atoms with Gasteiger partial charge in [0.25, 0.3) is 0 Å². The summed E-state index contributed by atoms with van der Waals surface area (Å²) in [4.78, 5) is 10.6. The van der Waals surface area contributed by atoms with Gasteiger partial charge in [0.15, 0.2) is 5.84 Å². The lowest BCUT2D eigenvalue weighted by molar-refractivity contribution is 0.668. The summed E-state index contributed by atoms with van der Waals surface area (Å²) >= 11 is 0. The Bertz CT molecular complexity index is 3380. The molecule has 5 heteroatoms. The largest absolute Gasteiger partial charge is 0.456 e. The zero-order valence-electron chi connectivity index (χ0n) is 31.3. The van der Waals surface area contributed by atoms with Gasteiger partial charge in [-0.3, -0.25) is 0 Å². The summed E-state index contributed by atoms with van der Waals surface area (Å²) < 4.78 is 9.33. The molecule has 0 saturated heterocycles. The molecule has 272 valence electrons. The molecule has 0 aliphatic carbocycles. The number of nitrogens with zero attached hydrogens (tertiary/aromatic N) is 3. The number of nitrogens with one attached hydrogen (secondary N) is 1. The molecule has 58 heavy (non-hydrogen) atoms. The van der Waals surface area contributed by atoms with Crippen LogP contribution in [0, 0.1) is 0 Å². The van der Waals surface area contributed by atoms with E-state index in [4.69, 9.17) is 14.4 Å². The smallest absolute Gasteiger partial charge is 0.160 e. The van der Waals surface area contributed by atoms with E-state index >= 15 is 0 Å². The normalized spacial score (nSPS) is 14.4. The fourth-order valence-corrected chi connectivity index (χ4v) is 8.95. The van der Waals surface area contributed by atoms with Crippen LogP contribution in [0.2, 0.25) is 0 Å². The second-order valence-corrected chi connectivity index (χ2v) is 15.0. The van der Waals surface area contributed by atoms with Crippen LogP contribution in [0.3, 0.4) is 0 Å². The number of hydrogen-bond donors (Lipinski definition) is 1. The summed E-state index contributed by atoms with van der Waals surface area (Å²) in [5.74, 6) is 1.43. The molecule has 1 N–H and O–H groups in total. The van der Waals surface area contributed by atoms with E-state index in [1.54, 1.807) is 0 Å². The number of aromatic nitrogens is 1. The Morgan fingerprint density at radius 1 is 0.466 bits per heavy atom. The molecular weight excluding hydrogens is 709 g/mol. The van der Waals surface area contributed by atoms with Gasteiger partial charge in [0.1, 0.15) is 23.2 Å². The highest BCUT2D eigenvalue weighted by Crippen LogP contribution is 2.42. The lowest BCUT2D eigenvalue weighted by Crippen LogP contribution is -2.33. The van der Waals surface area contributed by atoms with Crippen LogP contribution < -0.4 is 5.32 Å². The molecule has 9 aromatic carbocycles. The Kier molecular flexibility index (Phi) is 7.23. The van der Waals surface area contributed by atoms with E-state index in [9.17, 15) is 0 Å². The van der Waals surface area contributed by atoms with Gasteiger partial charge in [0.2, 0.25) is 0 Å². The minimum Gasteiger partial charge on any atom is -0.456 e. The van der Waals surface area contributed by atoms with Gasteiger partial charge in [-0.05, 0) is 74.6 Å². The molecule has 1 aliphatic heterocycles. The quantitative estimate of drug-likeness (QED) is 0.191. The van der Waals surface area contributed by atoms with Crippen molar-refractivity contribution in [2.24, 2.45) is 9.98 Å². The predicted molar refractivity (Wildman–Crippen MR) is 240 cm³/mol. The van der Waals surface area contributed by atoms with Gasteiger partial charge in [-0.15, -0.1) is 0 Å². The van der Waals surface area contributed by atoms with Crippen molar-refractivity contribution < 1.29 is 4.42 Å². The fourth-order valence-electron chi connectivity index (χ4n) is 8.95. The van der Waals surface area contributed by atoms with Crippen molar-refractivity contribution in [3.05, 3.63) is 211 Å². The summed E-state index contributed by atoms with van der Waals surface area (Å²) in [5, 5.41) is 13.1. The molecule has 0 saturated carbocycles. The Morgan fingerprint density at radius 2 is 1.07 bits per heavy atom. The molecule has 3 heterocycles. The number of aliphatic imine (C=N–C) groups is 2. The summed E-state index contributed by atoms with van der Waals surface area (Å²) in [7, 11) is 0. The van der Waals surface area contributed by atoms with Crippen LogP contribution in [0.4, 0.5) is 0 Å². The maximum absolute atomic E-state index is 6.94. The first-order valence-electron chi connectivity index (χ1n) is 19.7. The predicted octanol–water partition coefficient (Wildman–Crippen LogP) is 13.2. The molecular formula is C53H34N4O. The highest BCUT2D eigenvalue weighted by molar-refractivity contribution is 6.29. The average molecular weight is 743 g/mol. The summed E-state index contributed by atoms with van der Waals surface area (Å²) in [6, 6.07) is 68.5. The van der Waals surface area contributed by atoms with E-state index in [0.717, 1.165) is 72.3 Å². The van der Waals surface area contributed by atoms with Gasteiger partial charge < -0.3 is 14.3 Å². The Hall–Kier alpha value is -7.76. The molecule has 1 unspecified atom stereocenters. The molecule has 0 fully saturated rings. The molecule has 0 radical (unpaired) electrons. The van der Waals surface area contributed by atoms with Gasteiger partial charge in [-0.25, -0.2) is 9.98 Å². The number of amidine groups is 2. The third-order valence-corrected chi connectivity index (χ3v) is 11.6. The number of hydrogen-bond acceptors (Lipinski definition) is 4. The van der Waals surface area contributed by atoms with E-state index in [1.807, 2.05) is 30.3 Å². The van der Waals surface area contributed by atoms with Crippen molar-refractivity contribution in [1.82, 2.24) is 9.88 Å². The first-order chi connectivity index (χ1) is 28.7.